The van der Waals surface area contributed by atoms with Crippen molar-refractivity contribution < 1.29 is 8.42 Å². The summed E-state index contributed by atoms with van der Waals surface area (Å²) >= 11 is 1.24. The number of hydrogen-bond donors (Lipinski definition) is 1. The minimum Gasteiger partial charge on any atom is -0.399 e. The fourth-order valence-corrected chi connectivity index (χ4v) is 6.48. The number of nitrogens with two attached hydrogens (primary N) is 1. The minimum absolute atomic E-state index is 0.254. The zero-order chi connectivity index (χ0) is 15.0. The molecule has 21 heavy (non-hydrogen) atoms. The molecule has 0 amide bonds. The lowest BCUT2D eigenvalue weighted by Gasteiger charge is -2.27. The summed E-state index contributed by atoms with van der Waals surface area (Å²) in [4.78, 5) is 4.33. The summed E-state index contributed by atoms with van der Waals surface area (Å²) in [7, 11) is -3.31. The molecule has 6 heteroatoms. The first-order valence-corrected chi connectivity index (χ1v) is 9.77. The summed E-state index contributed by atoms with van der Waals surface area (Å²) in [5, 5.41) is -0.269. The van der Waals surface area contributed by atoms with Gasteiger partial charge in [-0.25, -0.2) is 13.4 Å². The van der Waals surface area contributed by atoms with Crippen molar-refractivity contribution in [2.24, 2.45) is 5.92 Å². The average molecular weight is 324 g/mol. The molecule has 0 spiro atoms. The second-order valence-electron chi connectivity index (χ2n) is 5.81. The molecule has 1 heterocycles. The fourth-order valence-electron chi connectivity index (χ4n) is 3.08. The van der Waals surface area contributed by atoms with Gasteiger partial charge in [0.25, 0.3) is 0 Å². The lowest BCUT2D eigenvalue weighted by molar-refractivity contribution is 0.348. The summed E-state index contributed by atoms with van der Waals surface area (Å²) in [6, 6.07) is 5.34. The second kappa shape index (κ2) is 5.57. The largest absolute Gasteiger partial charge is 0.399 e. The highest BCUT2D eigenvalue weighted by molar-refractivity contribution is 7.94. The van der Waals surface area contributed by atoms with Crippen molar-refractivity contribution >= 4 is 37.1 Å². The molecular weight excluding hydrogens is 304 g/mol. The van der Waals surface area contributed by atoms with Gasteiger partial charge in [-0.1, -0.05) is 26.2 Å². The van der Waals surface area contributed by atoms with Gasteiger partial charge >= 0.3 is 0 Å². The van der Waals surface area contributed by atoms with Crippen molar-refractivity contribution in [1.29, 1.82) is 0 Å². The van der Waals surface area contributed by atoms with E-state index >= 15 is 0 Å². The number of aromatic nitrogens is 1. The van der Waals surface area contributed by atoms with Gasteiger partial charge in [0, 0.05) is 5.69 Å². The van der Waals surface area contributed by atoms with Gasteiger partial charge in [-0.2, -0.15) is 0 Å². The fraction of sp³-hybridized carbons (Fsp3) is 0.533. The molecule has 2 N–H and O–H groups in total. The highest BCUT2D eigenvalue weighted by Crippen LogP contribution is 2.36. The number of nitrogen functional groups attached to an aromatic ring is 1. The zero-order valence-electron chi connectivity index (χ0n) is 12.1. The van der Waals surface area contributed by atoms with Crippen LogP contribution in [0.25, 0.3) is 10.2 Å². The van der Waals surface area contributed by atoms with Crippen molar-refractivity contribution in [3.63, 3.8) is 0 Å². The molecule has 2 aromatic rings. The molecule has 1 aromatic carbocycles. The molecule has 0 bridgehead atoms. The van der Waals surface area contributed by atoms with Crippen LogP contribution in [-0.2, 0) is 9.84 Å². The Morgan fingerprint density at radius 2 is 2.19 bits per heavy atom. The number of rotatable bonds is 3. The number of nitrogens with zero attached hydrogens (tertiary/aromatic N) is 1. The summed E-state index contributed by atoms with van der Waals surface area (Å²) in [6.45, 7) is 2.14. The van der Waals surface area contributed by atoms with Crippen LogP contribution in [0.2, 0.25) is 0 Å². The SMILES string of the molecule is CCC1CCCC(S(=O)(=O)c2nc3ccc(N)cc3s2)C1. The Hall–Kier alpha value is -1.14. The number of fused-ring (bicyclic) bond motifs is 1. The van der Waals surface area contributed by atoms with E-state index in [-0.39, 0.29) is 9.59 Å². The summed E-state index contributed by atoms with van der Waals surface area (Å²) in [5.41, 5.74) is 7.11. The first-order valence-electron chi connectivity index (χ1n) is 7.40. The van der Waals surface area contributed by atoms with Gasteiger partial charge < -0.3 is 5.73 Å². The number of hydrogen-bond acceptors (Lipinski definition) is 5. The van der Waals surface area contributed by atoms with Crippen molar-refractivity contribution in [2.45, 2.75) is 48.6 Å². The molecule has 0 aliphatic heterocycles. The standard InChI is InChI=1S/C15H20N2O2S2/c1-2-10-4-3-5-12(8-10)21(18,19)15-17-13-7-6-11(16)9-14(13)20-15/h6-7,9-10,12H,2-5,8,16H2,1H3. The topological polar surface area (TPSA) is 73.0 Å². The van der Waals surface area contributed by atoms with Crippen LogP contribution >= 0.6 is 11.3 Å². The number of anilines is 1. The molecule has 1 aliphatic rings. The Labute approximate surface area is 129 Å². The molecule has 2 atom stereocenters. The van der Waals surface area contributed by atoms with E-state index in [1.165, 1.54) is 11.3 Å². The summed E-state index contributed by atoms with van der Waals surface area (Å²) in [5.74, 6) is 0.531. The van der Waals surface area contributed by atoms with Crippen molar-refractivity contribution in [2.75, 3.05) is 5.73 Å². The van der Waals surface area contributed by atoms with Gasteiger partial charge in [0.2, 0.25) is 14.2 Å². The van der Waals surface area contributed by atoms with Crippen LogP contribution in [0.5, 0.6) is 0 Å². The van der Waals surface area contributed by atoms with Crippen LogP contribution in [-0.4, -0.2) is 18.7 Å². The Kier molecular flexibility index (Phi) is 3.92. The monoisotopic (exact) mass is 324 g/mol. The van der Waals surface area contributed by atoms with E-state index in [0.29, 0.717) is 11.6 Å². The molecule has 3 rings (SSSR count). The van der Waals surface area contributed by atoms with Gasteiger partial charge in [0.1, 0.15) is 0 Å². The van der Waals surface area contributed by atoms with Crippen LogP contribution < -0.4 is 5.73 Å². The molecule has 1 aliphatic carbocycles. The number of benzene rings is 1. The lowest BCUT2D eigenvalue weighted by atomic mass is 9.87. The predicted molar refractivity (Wildman–Crippen MR) is 87.3 cm³/mol. The molecule has 1 saturated carbocycles. The first-order chi connectivity index (χ1) is 10.0. The zero-order valence-corrected chi connectivity index (χ0v) is 13.7. The molecule has 2 unspecified atom stereocenters. The lowest BCUT2D eigenvalue weighted by Crippen LogP contribution is -2.28. The third kappa shape index (κ3) is 2.79. The van der Waals surface area contributed by atoms with Crippen molar-refractivity contribution in [1.82, 2.24) is 4.98 Å². The average Bonchev–Trinajstić information content (AvgIpc) is 2.91. The van der Waals surface area contributed by atoms with Gasteiger partial charge in [0.05, 0.1) is 15.5 Å². The third-order valence-electron chi connectivity index (χ3n) is 4.39. The van der Waals surface area contributed by atoms with Crippen LogP contribution in [0.15, 0.2) is 22.5 Å². The van der Waals surface area contributed by atoms with E-state index in [1.807, 2.05) is 0 Å². The molecule has 0 radical (unpaired) electrons. The van der Waals surface area contributed by atoms with Gasteiger partial charge in [-0.05, 0) is 37.0 Å². The van der Waals surface area contributed by atoms with E-state index in [2.05, 4.69) is 11.9 Å². The Bertz CT molecular complexity index is 752. The molecule has 0 saturated heterocycles. The van der Waals surface area contributed by atoms with E-state index in [1.54, 1.807) is 18.2 Å². The van der Waals surface area contributed by atoms with E-state index in [0.717, 1.165) is 42.3 Å². The number of sulfone groups is 1. The highest BCUT2D eigenvalue weighted by Gasteiger charge is 2.34. The van der Waals surface area contributed by atoms with E-state index in [9.17, 15) is 8.42 Å². The van der Waals surface area contributed by atoms with Crippen LogP contribution in [0.4, 0.5) is 5.69 Å². The highest BCUT2D eigenvalue weighted by atomic mass is 32.2. The quantitative estimate of drug-likeness (QED) is 0.875. The molecule has 1 fully saturated rings. The van der Waals surface area contributed by atoms with E-state index < -0.39 is 9.84 Å². The second-order valence-corrected chi connectivity index (χ2v) is 9.25. The summed E-state index contributed by atoms with van der Waals surface area (Å²) < 4.78 is 26.7. The van der Waals surface area contributed by atoms with Crippen molar-refractivity contribution in [3.05, 3.63) is 18.2 Å². The molecule has 1 aromatic heterocycles. The van der Waals surface area contributed by atoms with Gasteiger partial charge in [-0.15, -0.1) is 11.3 Å². The van der Waals surface area contributed by atoms with Crippen LogP contribution in [0.3, 0.4) is 0 Å². The molecular formula is C15H20N2O2S2. The van der Waals surface area contributed by atoms with Gasteiger partial charge in [-0.3, -0.25) is 0 Å². The van der Waals surface area contributed by atoms with Crippen LogP contribution in [0.1, 0.15) is 39.0 Å². The third-order valence-corrected chi connectivity index (χ3v) is 8.03. The maximum atomic E-state index is 12.8. The van der Waals surface area contributed by atoms with Crippen molar-refractivity contribution in [3.8, 4) is 0 Å². The predicted octanol–water partition coefficient (Wildman–Crippen LogP) is 3.62. The Balaban J connectivity index is 1.95. The normalized spacial score (nSPS) is 23.5. The van der Waals surface area contributed by atoms with E-state index in [4.69, 9.17) is 5.73 Å². The maximum Gasteiger partial charge on any atom is 0.210 e. The molecule has 4 nitrogen and oxygen atoms in total. The maximum absolute atomic E-state index is 12.8. The van der Waals surface area contributed by atoms with Gasteiger partial charge in [0.15, 0.2) is 0 Å². The first kappa shape index (κ1) is 14.8. The Morgan fingerprint density at radius 3 is 2.95 bits per heavy atom. The smallest absolute Gasteiger partial charge is 0.210 e. The number of thiazole rings is 1. The Morgan fingerprint density at radius 1 is 1.38 bits per heavy atom. The molecule has 114 valence electrons. The summed E-state index contributed by atoms with van der Waals surface area (Å²) in [6.07, 6.45) is 4.75. The van der Waals surface area contributed by atoms with Crippen LogP contribution in [0, 0.1) is 5.92 Å². The minimum atomic E-state index is -3.31.